The third-order valence-electron chi connectivity index (χ3n) is 6.98. The Hall–Kier alpha value is -1.07. The molecule has 0 aromatic carbocycles. The van der Waals surface area contributed by atoms with Crippen LogP contribution < -0.4 is 5.73 Å². The quantitative estimate of drug-likeness (QED) is 0.0452. The van der Waals surface area contributed by atoms with Crippen molar-refractivity contribution in [3.63, 3.8) is 0 Å². The molecule has 0 aromatic rings. The summed E-state index contributed by atoms with van der Waals surface area (Å²) < 4.78 is 42.6. The van der Waals surface area contributed by atoms with Crippen molar-refractivity contribution in [3.05, 3.63) is 0 Å². The Morgan fingerprint density at radius 1 is 0.605 bits per heavy atom. The number of hydrogen-bond donors (Lipinski definition) is 2. The van der Waals surface area contributed by atoms with Gasteiger partial charge in [-0.3, -0.25) is 18.6 Å². The summed E-state index contributed by atoms with van der Waals surface area (Å²) in [4.78, 5) is 34.5. The van der Waals surface area contributed by atoms with Crippen LogP contribution in [-0.4, -0.2) is 76.7 Å². The van der Waals surface area contributed by atoms with Crippen LogP contribution in [0, 0.1) is 0 Å². The van der Waals surface area contributed by atoms with Crippen molar-refractivity contribution in [3.8, 4) is 0 Å². The molecular weight excluding hydrogens is 577 g/mol. The minimum Gasteiger partial charge on any atom is -0.462 e. The number of carbonyl (C=O) groups is 2. The maximum Gasteiger partial charge on any atom is 0.472 e. The number of carbonyl (C=O) groups excluding carboxylic acids is 2. The summed E-state index contributed by atoms with van der Waals surface area (Å²) in [5.74, 6) is -0.860. The van der Waals surface area contributed by atoms with E-state index >= 15 is 0 Å². The number of unbranched alkanes of at least 4 members (excludes halogenated alkanes) is 16. The minimum atomic E-state index is -4.37. The average Bonchev–Trinajstić information content (AvgIpc) is 2.99. The largest absolute Gasteiger partial charge is 0.472 e. The molecule has 43 heavy (non-hydrogen) atoms. The highest BCUT2D eigenvalue weighted by atomic mass is 31.2. The molecule has 12 heteroatoms. The molecule has 3 N–H and O–H groups in total. The van der Waals surface area contributed by atoms with E-state index in [-0.39, 0.29) is 32.6 Å². The van der Waals surface area contributed by atoms with Crippen LogP contribution in [0.25, 0.3) is 0 Å². The van der Waals surface area contributed by atoms with E-state index in [0.717, 1.165) is 71.0 Å². The predicted octanol–water partition coefficient (Wildman–Crippen LogP) is 6.63. The van der Waals surface area contributed by atoms with Crippen molar-refractivity contribution < 1.29 is 47.0 Å². The predicted molar refractivity (Wildman–Crippen MR) is 168 cm³/mol. The highest BCUT2D eigenvalue weighted by molar-refractivity contribution is 7.47. The first kappa shape index (κ1) is 41.9. The third kappa shape index (κ3) is 30.7. The standard InChI is InChI=1S/C31H62NO10P/c1-37-24-19-15-11-7-3-5-9-13-17-21-30(33)39-27-29(28-41-43(35,36)40-26-23-32)42-31(34)22-18-14-10-6-4-8-12-16-20-25-38-2/h29H,3-28,32H2,1-2H3,(H,35,36)/t29-/m1/s1. The van der Waals surface area contributed by atoms with E-state index in [9.17, 15) is 19.0 Å². The molecule has 0 radical (unpaired) electrons. The van der Waals surface area contributed by atoms with E-state index in [2.05, 4.69) is 0 Å². The summed E-state index contributed by atoms with van der Waals surface area (Å²) in [6.07, 6.45) is 19.0. The molecule has 0 heterocycles. The summed E-state index contributed by atoms with van der Waals surface area (Å²) in [6.45, 7) is 0.851. The van der Waals surface area contributed by atoms with Crippen LogP contribution in [0.3, 0.4) is 0 Å². The Bertz CT molecular complexity index is 697. The van der Waals surface area contributed by atoms with Gasteiger partial charge in [0.15, 0.2) is 6.10 Å². The summed E-state index contributed by atoms with van der Waals surface area (Å²) in [7, 11) is -0.911. The molecule has 0 rings (SSSR count). The zero-order valence-electron chi connectivity index (χ0n) is 27.1. The molecule has 0 aromatic heterocycles. The number of nitrogens with two attached hydrogens (primary N) is 1. The maximum atomic E-state index is 12.4. The highest BCUT2D eigenvalue weighted by Gasteiger charge is 2.25. The van der Waals surface area contributed by atoms with Gasteiger partial charge in [0.25, 0.3) is 0 Å². The van der Waals surface area contributed by atoms with Gasteiger partial charge in [-0.05, 0) is 25.7 Å². The zero-order chi connectivity index (χ0) is 31.9. The van der Waals surface area contributed by atoms with E-state index in [1.807, 2.05) is 0 Å². The number of rotatable bonds is 33. The van der Waals surface area contributed by atoms with E-state index in [1.54, 1.807) is 14.2 Å². The molecule has 11 nitrogen and oxygen atoms in total. The fourth-order valence-electron chi connectivity index (χ4n) is 4.51. The fraction of sp³-hybridized carbons (Fsp3) is 0.935. The van der Waals surface area contributed by atoms with Crippen molar-refractivity contribution >= 4 is 19.8 Å². The Morgan fingerprint density at radius 2 is 1.02 bits per heavy atom. The molecule has 256 valence electrons. The first-order valence-electron chi connectivity index (χ1n) is 16.5. The van der Waals surface area contributed by atoms with E-state index < -0.39 is 32.5 Å². The van der Waals surface area contributed by atoms with Crippen molar-refractivity contribution in [1.29, 1.82) is 0 Å². The number of methoxy groups -OCH3 is 2. The van der Waals surface area contributed by atoms with Crippen LogP contribution >= 0.6 is 7.82 Å². The van der Waals surface area contributed by atoms with Crippen LogP contribution in [0.4, 0.5) is 0 Å². The molecule has 0 fully saturated rings. The molecule has 2 atom stereocenters. The van der Waals surface area contributed by atoms with Crippen LogP contribution in [-0.2, 0) is 42.1 Å². The number of phosphoric acid groups is 1. The van der Waals surface area contributed by atoms with Gasteiger partial charge in [0.05, 0.1) is 13.2 Å². The van der Waals surface area contributed by atoms with Crippen LogP contribution in [0.1, 0.15) is 128 Å². The van der Waals surface area contributed by atoms with Crippen LogP contribution in [0.2, 0.25) is 0 Å². The number of phosphoric ester groups is 1. The fourth-order valence-corrected chi connectivity index (χ4v) is 5.27. The van der Waals surface area contributed by atoms with Crippen molar-refractivity contribution in [2.24, 2.45) is 5.73 Å². The molecule has 0 saturated heterocycles. The number of hydrogen-bond acceptors (Lipinski definition) is 10. The number of ether oxygens (including phenoxy) is 4. The van der Waals surface area contributed by atoms with Gasteiger partial charge >= 0.3 is 19.8 Å². The molecular formula is C31H62NO10P. The Morgan fingerprint density at radius 3 is 1.47 bits per heavy atom. The molecule has 0 bridgehead atoms. The van der Waals surface area contributed by atoms with Gasteiger partial charge in [-0.15, -0.1) is 0 Å². The van der Waals surface area contributed by atoms with E-state index in [1.165, 1.54) is 51.4 Å². The van der Waals surface area contributed by atoms with Gasteiger partial charge < -0.3 is 29.6 Å². The summed E-state index contributed by atoms with van der Waals surface area (Å²) in [5, 5.41) is 0. The molecule has 0 aliphatic carbocycles. The number of esters is 2. The second-order valence-corrected chi connectivity index (χ2v) is 12.5. The normalized spacial score (nSPS) is 13.5. The van der Waals surface area contributed by atoms with Crippen LogP contribution in [0.15, 0.2) is 0 Å². The van der Waals surface area contributed by atoms with Gasteiger partial charge in [0.1, 0.15) is 6.61 Å². The topological polar surface area (TPSA) is 153 Å². The van der Waals surface area contributed by atoms with Gasteiger partial charge in [-0.25, -0.2) is 4.57 Å². The zero-order valence-corrected chi connectivity index (χ0v) is 28.0. The second-order valence-electron chi connectivity index (χ2n) is 11.0. The van der Waals surface area contributed by atoms with Gasteiger partial charge in [-0.1, -0.05) is 89.9 Å². The van der Waals surface area contributed by atoms with Gasteiger partial charge in [-0.2, -0.15) is 0 Å². The van der Waals surface area contributed by atoms with Crippen LogP contribution in [0.5, 0.6) is 0 Å². The van der Waals surface area contributed by atoms with E-state index in [0.29, 0.717) is 6.42 Å². The summed E-state index contributed by atoms with van der Waals surface area (Å²) in [6, 6.07) is 0. The average molecular weight is 640 g/mol. The first-order valence-corrected chi connectivity index (χ1v) is 18.0. The molecule has 0 spiro atoms. The lowest BCUT2D eigenvalue weighted by molar-refractivity contribution is -0.161. The van der Waals surface area contributed by atoms with Gasteiger partial charge in [0.2, 0.25) is 0 Å². The highest BCUT2D eigenvalue weighted by Crippen LogP contribution is 2.43. The lowest BCUT2D eigenvalue weighted by Crippen LogP contribution is -2.29. The molecule has 0 amide bonds. The smallest absolute Gasteiger partial charge is 0.462 e. The lowest BCUT2D eigenvalue weighted by atomic mass is 10.1. The SMILES string of the molecule is COCCCCCCCCCCCC(=O)OC[C@H](COP(=O)(O)OCCN)OC(=O)CCCCCCCCCCCOC. The van der Waals surface area contributed by atoms with E-state index in [4.69, 9.17) is 33.7 Å². The molecule has 1 unspecified atom stereocenters. The molecule has 0 saturated carbocycles. The van der Waals surface area contributed by atoms with Crippen molar-refractivity contribution in [2.45, 2.75) is 135 Å². The second kappa shape index (κ2) is 30.9. The lowest BCUT2D eigenvalue weighted by Gasteiger charge is -2.19. The monoisotopic (exact) mass is 639 g/mol. The van der Waals surface area contributed by atoms with Crippen molar-refractivity contribution in [1.82, 2.24) is 0 Å². The Labute approximate surface area is 260 Å². The third-order valence-corrected chi connectivity index (χ3v) is 7.97. The Balaban J connectivity index is 4.25. The summed E-state index contributed by atoms with van der Waals surface area (Å²) in [5.41, 5.74) is 5.31. The van der Waals surface area contributed by atoms with Crippen molar-refractivity contribution in [2.75, 3.05) is 53.8 Å². The maximum absolute atomic E-state index is 12.4. The minimum absolute atomic E-state index is 0.0488. The molecule has 0 aliphatic heterocycles. The first-order chi connectivity index (χ1) is 20.8. The van der Waals surface area contributed by atoms with Gasteiger partial charge in [0, 0.05) is 46.8 Å². The summed E-state index contributed by atoms with van der Waals surface area (Å²) >= 11 is 0. The molecule has 0 aliphatic rings. The Kier molecular flexibility index (Phi) is 30.2.